The van der Waals surface area contributed by atoms with E-state index in [2.05, 4.69) is 33.6 Å². The Kier molecular flexibility index (Phi) is 12.0. The number of carbonyl (C=O) groups is 5. The van der Waals surface area contributed by atoms with Gasteiger partial charge in [-0.15, -0.1) is 0 Å². The highest BCUT2D eigenvalue weighted by atomic mass is 32.1. The summed E-state index contributed by atoms with van der Waals surface area (Å²) in [6.45, 7) is 0. The van der Waals surface area contributed by atoms with Crippen molar-refractivity contribution in [3.63, 3.8) is 0 Å². The fourth-order valence-corrected chi connectivity index (χ4v) is 4.63. The number of carboxylic acid groups (broad SMARTS) is 2. The molecule has 13 nitrogen and oxygen atoms in total. The number of nitrogens with one attached hydrogen (secondary N) is 4. The summed E-state index contributed by atoms with van der Waals surface area (Å²) >= 11 is 3.96. The standard InChI is InChI=1S/C29H35N5O8S/c1-42-18-8-6-16(7-9-18)12-23(28(39)34-24(15-43)29(40)41)33-27(38)22(10-11-25(35)36)32-26(37)20(30)13-17-14-31-21-5-3-2-4-19(17)21/h2-9,14,20,22-24,31,43H,10-13,15,30H2,1H3,(H,32,37)(H,33,38)(H,34,39)(H,35,36)(H,40,41)/t20-,22-,23-,24-/m0/s1. The maximum atomic E-state index is 13.4. The third-order valence-corrected chi connectivity index (χ3v) is 7.13. The molecule has 14 heteroatoms. The van der Waals surface area contributed by atoms with Crippen LogP contribution in [0.5, 0.6) is 5.75 Å². The molecule has 0 unspecified atom stereocenters. The van der Waals surface area contributed by atoms with Crippen LogP contribution in [0.3, 0.4) is 0 Å². The van der Waals surface area contributed by atoms with Gasteiger partial charge in [0.25, 0.3) is 0 Å². The molecule has 1 aromatic heterocycles. The number of benzene rings is 2. The molecule has 3 amide bonds. The number of hydrogen-bond donors (Lipinski definition) is 8. The van der Waals surface area contributed by atoms with Crippen molar-refractivity contribution in [2.75, 3.05) is 12.9 Å². The predicted octanol–water partition coefficient (Wildman–Crippen LogP) is 0.623. The minimum Gasteiger partial charge on any atom is -0.497 e. The van der Waals surface area contributed by atoms with Crippen molar-refractivity contribution in [1.82, 2.24) is 20.9 Å². The number of nitrogens with two attached hydrogens (primary N) is 1. The number of methoxy groups -OCH3 is 1. The van der Waals surface area contributed by atoms with Crippen LogP contribution in [0.4, 0.5) is 0 Å². The third kappa shape index (κ3) is 9.48. The number of para-hydroxylation sites is 1. The van der Waals surface area contributed by atoms with Crippen LogP contribution in [0.15, 0.2) is 54.7 Å². The average Bonchev–Trinajstić information content (AvgIpc) is 3.39. The summed E-state index contributed by atoms with van der Waals surface area (Å²) in [5, 5.41) is 26.9. The van der Waals surface area contributed by atoms with E-state index in [1.165, 1.54) is 7.11 Å². The molecule has 4 atom stereocenters. The first-order valence-electron chi connectivity index (χ1n) is 13.4. The van der Waals surface area contributed by atoms with Gasteiger partial charge in [-0.1, -0.05) is 30.3 Å². The fourth-order valence-electron chi connectivity index (χ4n) is 4.38. The van der Waals surface area contributed by atoms with Gasteiger partial charge in [-0.25, -0.2) is 4.79 Å². The average molecular weight is 614 g/mol. The van der Waals surface area contributed by atoms with Gasteiger partial charge in [-0.3, -0.25) is 19.2 Å². The molecule has 0 aliphatic rings. The maximum absolute atomic E-state index is 13.4. The van der Waals surface area contributed by atoms with Gasteiger partial charge in [0.15, 0.2) is 0 Å². The van der Waals surface area contributed by atoms with E-state index in [9.17, 15) is 34.2 Å². The molecule has 3 aromatic rings. The molecule has 0 bridgehead atoms. The Labute approximate surface area is 253 Å². The van der Waals surface area contributed by atoms with E-state index in [0.717, 1.165) is 16.5 Å². The number of fused-ring (bicyclic) bond motifs is 1. The van der Waals surface area contributed by atoms with Crippen molar-refractivity contribution in [2.24, 2.45) is 5.73 Å². The van der Waals surface area contributed by atoms with Crippen molar-refractivity contribution in [3.8, 4) is 5.75 Å². The summed E-state index contributed by atoms with van der Waals surface area (Å²) in [6, 6.07) is 9.13. The van der Waals surface area contributed by atoms with E-state index in [1.54, 1.807) is 30.5 Å². The largest absolute Gasteiger partial charge is 0.497 e. The summed E-state index contributed by atoms with van der Waals surface area (Å²) in [4.78, 5) is 65.5. The number of hydrogen-bond acceptors (Lipinski definition) is 8. The monoisotopic (exact) mass is 613 g/mol. The zero-order valence-corrected chi connectivity index (χ0v) is 24.3. The minimum absolute atomic E-state index is 0.0415. The van der Waals surface area contributed by atoms with Gasteiger partial charge in [0.1, 0.15) is 23.9 Å². The van der Waals surface area contributed by atoms with E-state index in [0.29, 0.717) is 11.3 Å². The summed E-state index contributed by atoms with van der Waals surface area (Å²) in [7, 11) is 1.49. The first-order valence-corrected chi connectivity index (χ1v) is 14.1. The Balaban J connectivity index is 1.78. The molecule has 2 aromatic carbocycles. The van der Waals surface area contributed by atoms with Crippen LogP contribution in [0.25, 0.3) is 10.9 Å². The molecule has 0 saturated carbocycles. The number of aromatic nitrogens is 1. The first-order chi connectivity index (χ1) is 20.5. The zero-order chi connectivity index (χ0) is 31.5. The number of thiol groups is 1. The molecule has 0 spiro atoms. The quantitative estimate of drug-likeness (QED) is 0.106. The van der Waals surface area contributed by atoms with Crippen LogP contribution >= 0.6 is 12.6 Å². The van der Waals surface area contributed by atoms with Crippen molar-refractivity contribution < 1.29 is 38.9 Å². The van der Waals surface area contributed by atoms with Crippen LogP contribution in [-0.2, 0) is 36.8 Å². The Morgan fingerprint density at radius 3 is 2.14 bits per heavy atom. The van der Waals surface area contributed by atoms with Crippen LogP contribution in [-0.4, -0.2) is 81.9 Å². The number of rotatable bonds is 16. The molecule has 0 fully saturated rings. The second kappa shape index (κ2) is 15.6. The summed E-state index contributed by atoms with van der Waals surface area (Å²) in [5.74, 6) is -4.46. The molecule has 43 heavy (non-hydrogen) atoms. The Morgan fingerprint density at radius 2 is 1.51 bits per heavy atom. The lowest BCUT2D eigenvalue weighted by atomic mass is 10.0. The molecular formula is C29H35N5O8S. The van der Waals surface area contributed by atoms with Crippen LogP contribution in [0.1, 0.15) is 24.0 Å². The normalized spacial score (nSPS) is 13.7. The molecule has 0 aliphatic heterocycles. The topological polar surface area (TPSA) is 213 Å². The molecule has 1 heterocycles. The van der Waals surface area contributed by atoms with Gasteiger partial charge in [-0.2, -0.15) is 12.6 Å². The number of H-pyrrole nitrogens is 1. The third-order valence-electron chi connectivity index (χ3n) is 6.76. The minimum atomic E-state index is -1.34. The Morgan fingerprint density at radius 1 is 0.884 bits per heavy atom. The molecule has 0 radical (unpaired) electrons. The van der Waals surface area contributed by atoms with Gasteiger partial charge in [0, 0.05) is 35.7 Å². The van der Waals surface area contributed by atoms with Gasteiger partial charge in [-0.05, 0) is 42.2 Å². The van der Waals surface area contributed by atoms with Crippen molar-refractivity contribution >= 4 is 53.2 Å². The lowest BCUT2D eigenvalue weighted by molar-refractivity contribution is -0.141. The first kappa shape index (κ1) is 32.9. The van der Waals surface area contributed by atoms with Crippen molar-refractivity contribution in [2.45, 2.75) is 49.9 Å². The van der Waals surface area contributed by atoms with Crippen LogP contribution < -0.4 is 26.4 Å². The molecule has 0 aliphatic carbocycles. The number of aliphatic carboxylic acids is 2. The Hall–Kier alpha value is -4.56. The summed E-state index contributed by atoms with van der Waals surface area (Å²) in [5.41, 5.74) is 8.44. The highest BCUT2D eigenvalue weighted by Crippen LogP contribution is 2.19. The second-order valence-electron chi connectivity index (χ2n) is 9.86. The lowest BCUT2D eigenvalue weighted by Crippen LogP contribution is -2.58. The molecule has 230 valence electrons. The van der Waals surface area contributed by atoms with Crippen LogP contribution in [0.2, 0.25) is 0 Å². The zero-order valence-electron chi connectivity index (χ0n) is 23.4. The van der Waals surface area contributed by atoms with Gasteiger partial charge in [0.05, 0.1) is 13.2 Å². The maximum Gasteiger partial charge on any atom is 0.327 e. The predicted molar refractivity (Wildman–Crippen MR) is 161 cm³/mol. The molecule has 0 saturated heterocycles. The number of amides is 3. The van der Waals surface area contributed by atoms with Gasteiger partial charge in [0.2, 0.25) is 17.7 Å². The number of carbonyl (C=O) groups excluding carboxylic acids is 3. The Bertz CT molecular complexity index is 1440. The van der Waals surface area contributed by atoms with E-state index < -0.39 is 60.2 Å². The number of ether oxygens (including phenoxy) is 1. The summed E-state index contributed by atoms with van der Waals surface area (Å²) in [6.07, 6.45) is 1.11. The van der Waals surface area contributed by atoms with Crippen molar-refractivity contribution in [1.29, 1.82) is 0 Å². The fraction of sp³-hybridized carbons (Fsp3) is 0.345. The highest BCUT2D eigenvalue weighted by Gasteiger charge is 2.31. The second-order valence-corrected chi connectivity index (χ2v) is 10.2. The van der Waals surface area contributed by atoms with E-state index >= 15 is 0 Å². The molecule has 8 N–H and O–H groups in total. The van der Waals surface area contributed by atoms with Crippen molar-refractivity contribution in [3.05, 3.63) is 65.9 Å². The van der Waals surface area contributed by atoms with Gasteiger partial charge < -0.3 is 41.6 Å². The van der Waals surface area contributed by atoms with E-state index in [4.69, 9.17) is 10.5 Å². The number of aromatic amines is 1. The molecular weight excluding hydrogens is 578 g/mol. The van der Waals surface area contributed by atoms with E-state index in [-0.39, 0.29) is 25.0 Å². The smallest absolute Gasteiger partial charge is 0.327 e. The van der Waals surface area contributed by atoms with Crippen LogP contribution in [0, 0.1) is 0 Å². The molecule has 3 rings (SSSR count). The van der Waals surface area contributed by atoms with E-state index in [1.807, 2.05) is 24.3 Å². The SMILES string of the molecule is COc1ccc(C[C@H](NC(=O)[C@H](CCC(=O)O)NC(=O)[C@@H](N)Cc2c[nH]c3ccccc23)C(=O)N[C@@H](CS)C(=O)O)cc1. The van der Waals surface area contributed by atoms with Gasteiger partial charge >= 0.3 is 11.9 Å². The highest BCUT2D eigenvalue weighted by molar-refractivity contribution is 7.80. The lowest BCUT2D eigenvalue weighted by Gasteiger charge is -2.25. The summed E-state index contributed by atoms with van der Waals surface area (Å²) < 4.78 is 5.14. The number of carboxylic acids is 2.